The molecule has 4 heteroatoms. The number of amides is 2. The Morgan fingerprint density at radius 2 is 2.23 bits per heavy atom. The zero-order valence-electron chi connectivity index (χ0n) is 8.47. The van der Waals surface area contributed by atoms with E-state index in [0.29, 0.717) is 13.1 Å². The van der Waals surface area contributed by atoms with E-state index in [9.17, 15) is 4.79 Å². The van der Waals surface area contributed by atoms with Gasteiger partial charge in [-0.25, -0.2) is 4.79 Å². The van der Waals surface area contributed by atoms with Gasteiger partial charge in [0.25, 0.3) is 0 Å². The molecule has 1 saturated heterocycles. The molecule has 4 nitrogen and oxygen atoms in total. The van der Waals surface area contributed by atoms with Gasteiger partial charge in [0.2, 0.25) is 0 Å². The van der Waals surface area contributed by atoms with Crippen molar-refractivity contribution >= 4 is 6.03 Å². The van der Waals surface area contributed by atoms with Crippen LogP contribution in [0.4, 0.5) is 4.79 Å². The minimum atomic E-state index is -0.165. The Morgan fingerprint density at radius 3 is 2.69 bits per heavy atom. The van der Waals surface area contributed by atoms with Crippen molar-refractivity contribution in [2.75, 3.05) is 19.6 Å². The van der Waals surface area contributed by atoms with Crippen LogP contribution in [-0.2, 0) is 0 Å². The lowest BCUT2D eigenvalue weighted by Crippen LogP contribution is -2.68. The second-order valence-corrected chi connectivity index (χ2v) is 4.10. The number of likely N-dealkylation sites (tertiary alicyclic amines) is 1. The molecule has 1 rings (SSSR count). The predicted molar refractivity (Wildman–Crippen MR) is 52.5 cm³/mol. The molecule has 0 aromatic heterocycles. The van der Waals surface area contributed by atoms with Crippen molar-refractivity contribution in [2.45, 2.75) is 32.2 Å². The second-order valence-electron chi connectivity index (χ2n) is 4.10. The first kappa shape index (κ1) is 10.3. The third kappa shape index (κ3) is 2.88. The van der Waals surface area contributed by atoms with Gasteiger partial charge in [-0.3, -0.25) is 0 Å². The largest absolute Gasteiger partial charge is 0.338 e. The molecule has 1 aliphatic rings. The smallest absolute Gasteiger partial charge is 0.317 e. The Labute approximate surface area is 79.5 Å². The van der Waals surface area contributed by atoms with E-state index in [4.69, 9.17) is 5.73 Å². The van der Waals surface area contributed by atoms with Crippen LogP contribution in [0.2, 0.25) is 0 Å². The molecule has 0 atom stereocenters. The van der Waals surface area contributed by atoms with Gasteiger partial charge in [-0.15, -0.1) is 0 Å². The first-order chi connectivity index (χ1) is 6.05. The molecule has 0 aromatic carbocycles. The van der Waals surface area contributed by atoms with Gasteiger partial charge >= 0.3 is 6.03 Å². The quantitative estimate of drug-likeness (QED) is 0.630. The van der Waals surface area contributed by atoms with Crippen LogP contribution in [0.1, 0.15) is 26.7 Å². The number of hydrogen-bond acceptors (Lipinski definition) is 2. The van der Waals surface area contributed by atoms with E-state index >= 15 is 0 Å². The highest BCUT2D eigenvalue weighted by atomic mass is 16.2. The fourth-order valence-electron chi connectivity index (χ4n) is 1.45. The molecule has 0 unspecified atom stereocenters. The number of carbonyl (C=O) groups is 1. The third-order valence-corrected chi connectivity index (χ3v) is 2.20. The van der Waals surface area contributed by atoms with E-state index in [1.807, 2.05) is 6.92 Å². The van der Waals surface area contributed by atoms with E-state index in [1.54, 1.807) is 4.90 Å². The standard InChI is InChI=1S/C9H19N3O/c1-3-4-5-11-8(13)12-6-9(2,10)7-12/h3-7,10H2,1-2H3,(H,11,13). The molecular weight excluding hydrogens is 166 g/mol. The molecule has 2 amide bonds. The Balaban J connectivity index is 2.12. The maximum Gasteiger partial charge on any atom is 0.317 e. The van der Waals surface area contributed by atoms with E-state index in [0.717, 1.165) is 19.4 Å². The summed E-state index contributed by atoms with van der Waals surface area (Å²) in [4.78, 5) is 13.1. The van der Waals surface area contributed by atoms with Crippen molar-refractivity contribution in [3.63, 3.8) is 0 Å². The predicted octanol–water partition coefficient (Wildman–Crippen LogP) is 0.529. The van der Waals surface area contributed by atoms with Crippen LogP contribution in [0.25, 0.3) is 0 Å². The molecule has 1 heterocycles. The fourth-order valence-corrected chi connectivity index (χ4v) is 1.45. The van der Waals surface area contributed by atoms with Gasteiger partial charge in [0, 0.05) is 25.2 Å². The van der Waals surface area contributed by atoms with Crippen molar-refractivity contribution in [2.24, 2.45) is 5.73 Å². The summed E-state index contributed by atoms with van der Waals surface area (Å²) < 4.78 is 0. The van der Waals surface area contributed by atoms with Gasteiger partial charge in [0.1, 0.15) is 0 Å². The number of nitrogens with zero attached hydrogens (tertiary/aromatic N) is 1. The number of urea groups is 1. The second kappa shape index (κ2) is 3.96. The van der Waals surface area contributed by atoms with Crippen LogP contribution in [0.3, 0.4) is 0 Å². The Hall–Kier alpha value is -0.770. The third-order valence-electron chi connectivity index (χ3n) is 2.20. The molecule has 13 heavy (non-hydrogen) atoms. The van der Waals surface area contributed by atoms with E-state index in [1.165, 1.54) is 0 Å². The molecule has 0 saturated carbocycles. The van der Waals surface area contributed by atoms with Crippen molar-refractivity contribution in [1.82, 2.24) is 10.2 Å². The Bertz CT molecular complexity index is 183. The zero-order valence-corrected chi connectivity index (χ0v) is 8.47. The van der Waals surface area contributed by atoms with Crippen LogP contribution in [0.15, 0.2) is 0 Å². The maximum absolute atomic E-state index is 11.3. The summed E-state index contributed by atoms with van der Waals surface area (Å²) in [5.41, 5.74) is 5.62. The van der Waals surface area contributed by atoms with Crippen LogP contribution in [0.5, 0.6) is 0 Å². The number of carbonyl (C=O) groups excluding carboxylic acids is 1. The van der Waals surface area contributed by atoms with Gasteiger partial charge in [0.05, 0.1) is 0 Å². The summed E-state index contributed by atoms with van der Waals surface area (Å²) in [5.74, 6) is 0. The van der Waals surface area contributed by atoms with E-state index < -0.39 is 0 Å². The highest BCUT2D eigenvalue weighted by molar-refractivity contribution is 5.75. The van der Waals surface area contributed by atoms with Gasteiger partial charge < -0.3 is 16.0 Å². The summed E-state index contributed by atoms with van der Waals surface area (Å²) in [5, 5.41) is 2.85. The van der Waals surface area contributed by atoms with Crippen LogP contribution >= 0.6 is 0 Å². The molecule has 0 bridgehead atoms. The van der Waals surface area contributed by atoms with Crippen molar-refractivity contribution in [3.8, 4) is 0 Å². The Morgan fingerprint density at radius 1 is 1.62 bits per heavy atom. The highest BCUT2D eigenvalue weighted by Gasteiger charge is 2.37. The van der Waals surface area contributed by atoms with Crippen molar-refractivity contribution < 1.29 is 4.79 Å². The molecule has 0 aromatic rings. The monoisotopic (exact) mass is 185 g/mol. The maximum atomic E-state index is 11.3. The lowest BCUT2D eigenvalue weighted by Gasteiger charge is -2.45. The van der Waals surface area contributed by atoms with Gasteiger partial charge in [-0.2, -0.15) is 0 Å². The normalized spacial score (nSPS) is 19.5. The topological polar surface area (TPSA) is 58.4 Å². The highest BCUT2D eigenvalue weighted by Crippen LogP contribution is 2.16. The number of nitrogens with one attached hydrogen (secondary N) is 1. The lowest BCUT2D eigenvalue weighted by molar-refractivity contribution is 0.107. The summed E-state index contributed by atoms with van der Waals surface area (Å²) in [6.07, 6.45) is 2.15. The number of hydrogen-bond donors (Lipinski definition) is 2. The molecule has 0 spiro atoms. The van der Waals surface area contributed by atoms with Crippen LogP contribution in [0, 0.1) is 0 Å². The molecule has 0 radical (unpaired) electrons. The van der Waals surface area contributed by atoms with Gasteiger partial charge in [0.15, 0.2) is 0 Å². The summed E-state index contributed by atoms with van der Waals surface area (Å²) >= 11 is 0. The van der Waals surface area contributed by atoms with Crippen LogP contribution < -0.4 is 11.1 Å². The minimum absolute atomic E-state index is 0.0244. The SMILES string of the molecule is CCCCNC(=O)N1CC(C)(N)C1. The minimum Gasteiger partial charge on any atom is -0.338 e. The van der Waals surface area contributed by atoms with Gasteiger partial charge in [-0.1, -0.05) is 13.3 Å². The first-order valence-electron chi connectivity index (χ1n) is 4.87. The molecule has 76 valence electrons. The first-order valence-corrected chi connectivity index (χ1v) is 4.87. The molecule has 3 N–H and O–H groups in total. The lowest BCUT2D eigenvalue weighted by atomic mass is 9.94. The average Bonchev–Trinajstić information content (AvgIpc) is 2.00. The number of rotatable bonds is 3. The van der Waals surface area contributed by atoms with E-state index in [2.05, 4.69) is 12.2 Å². The Kier molecular flexibility index (Phi) is 3.14. The van der Waals surface area contributed by atoms with Crippen molar-refractivity contribution in [3.05, 3.63) is 0 Å². The van der Waals surface area contributed by atoms with Crippen molar-refractivity contribution in [1.29, 1.82) is 0 Å². The number of nitrogens with two attached hydrogens (primary N) is 1. The molecule has 1 fully saturated rings. The summed E-state index contributed by atoms with van der Waals surface area (Å²) in [6.45, 7) is 6.18. The molecular formula is C9H19N3O. The molecule has 0 aliphatic carbocycles. The summed E-state index contributed by atoms with van der Waals surface area (Å²) in [6, 6.07) is 0.0244. The fraction of sp³-hybridized carbons (Fsp3) is 0.889. The number of unbranched alkanes of at least 4 members (excludes halogenated alkanes) is 1. The van der Waals surface area contributed by atoms with Gasteiger partial charge in [-0.05, 0) is 13.3 Å². The average molecular weight is 185 g/mol. The summed E-state index contributed by atoms with van der Waals surface area (Å²) in [7, 11) is 0. The molecule has 1 aliphatic heterocycles. The van der Waals surface area contributed by atoms with Crippen LogP contribution in [-0.4, -0.2) is 36.1 Å². The van der Waals surface area contributed by atoms with E-state index in [-0.39, 0.29) is 11.6 Å². The zero-order chi connectivity index (χ0) is 9.90.